The minimum absolute atomic E-state index is 0.117. The van der Waals surface area contributed by atoms with Crippen LogP contribution in [0.15, 0.2) is 0 Å². The van der Waals surface area contributed by atoms with E-state index < -0.39 is 12.2 Å². The number of hydrogen-bond acceptors (Lipinski definition) is 6. The highest BCUT2D eigenvalue weighted by molar-refractivity contribution is 5.67. The quantitative estimate of drug-likeness (QED) is 0.603. The van der Waals surface area contributed by atoms with Crippen LogP contribution in [0.3, 0.4) is 0 Å². The van der Waals surface area contributed by atoms with Crippen LogP contribution in [0.1, 0.15) is 27.7 Å². The van der Waals surface area contributed by atoms with Crippen molar-refractivity contribution in [2.45, 2.75) is 27.7 Å². The molecule has 0 spiro atoms. The fourth-order valence-electron chi connectivity index (χ4n) is 1.30. The average molecular weight is 292 g/mol. The van der Waals surface area contributed by atoms with Crippen molar-refractivity contribution >= 4 is 12.2 Å². The lowest BCUT2D eigenvalue weighted by atomic mass is 10.6. The third-order valence-corrected chi connectivity index (χ3v) is 2.02. The van der Waals surface area contributed by atoms with Gasteiger partial charge < -0.3 is 9.47 Å². The Morgan fingerprint density at radius 2 is 1.05 bits per heavy atom. The number of hydroxylamine groups is 4. The van der Waals surface area contributed by atoms with Gasteiger partial charge in [-0.2, -0.15) is 10.1 Å². The molecule has 0 radical (unpaired) electrons. The Morgan fingerprint density at radius 3 is 1.30 bits per heavy atom. The molecule has 20 heavy (non-hydrogen) atoms. The molecule has 0 saturated heterocycles. The highest BCUT2D eigenvalue weighted by Crippen LogP contribution is 2.01. The summed E-state index contributed by atoms with van der Waals surface area (Å²) in [6.07, 6.45) is -1.20. The molecule has 0 aliphatic heterocycles. The molecule has 8 nitrogen and oxygen atoms in total. The molecule has 0 saturated carbocycles. The molecule has 0 unspecified atom stereocenters. The van der Waals surface area contributed by atoms with Crippen molar-refractivity contribution in [3.05, 3.63) is 0 Å². The van der Waals surface area contributed by atoms with Crippen LogP contribution in [0.5, 0.6) is 0 Å². The molecule has 2 amide bonds. The van der Waals surface area contributed by atoms with Crippen molar-refractivity contribution in [2.75, 3.05) is 39.5 Å². The second-order valence-corrected chi connectivity index (χ2v) is 3.44. The first kappa shape index (κ1) is 18.5. The summed E-state index contributed by atoms with van der Waals surface area (Å²) in [4.78, 5) is 33.5. The molecular formula is C12H24N2O6. The van der Waals surface area contributed by atoms with Crippen LogP contribution in [0, 0.1) is 0 Å². The van der Waals surface area contributed by atoms with E-state index in [2.05, 4.69) is 0 Å². The van der Waals surface area contributed by atoms with E-state index in [0.717, 1.165) is 10.1 Å². The maximum Gasteiger partial charge on any atom is 0.433 e. The first-order valence-electron chi connectivity index (χ1n) is 6.74. The minimum Gasteiger partial charge on any atom is -0.448 e. The number of carbonyl (C=O) groups is 2. The average Bonchev–Trinajstić information content (AvgIpc) is 2.42. The van der Waals surface area contributed by atoms with Gasteiger partial charge in [0, 0.05) is 0 Å². The number of amides is 2. The lowest BCUT2D eigenvalue weighted by Crippen LogP contribution is -2.41. The van der Waals surface area contributed by atoms with Gasteiger partial charge in [-0.15, -0.1) is 0 Å². The Bertz CT molecular complexity index is 259. The lowest BCUT2D eigenvalue weighted by molar-refractivity contribution is -0.166. The summed E-state index contributed by atoms with van der Waals surface area (Å²) in [7, 11) is 0. The second-order valence-electron chi connectivity index (χ2n) is 3.44. The summed E-state index contributed by atoms with van der Waals surface area (Å²) < 4.78 is 9.69. The highest BCUT2D eigenvalue weighted by Gasteiger charge is 2.20. The molecule has 0 bridgehead atoms. The van der Waals surface area contributed by atoms with E-state index in [1.807, 2.05) is 0 Å². The summed E-state index contributed by atoms with van der Waals surface area (Å²) in [6.45, 7) is 8.25. The van der Waals surface area contributed by atoms with E-state index in [1.54, 1.807) is 27.7 Å². The number of carbonyl (C=O) groups excluding carboxylic acids is 2. The molecule has 0 aromatic rings. The summed E-state index contributed by atoms with van der Waals surface area (Å²) in [5.41, 5.74) is 0. The van der Waals surface area contributed by atoms with Gasteiger partial charge in [-0.05, 0) is 27.7 Å². The zero-order valence-electron chi connectivity index (χ0n) is 12.6. The van der Waals surface area contributed by atoms with Gasteiger partial charge in [0.05, 0.1) is 39.5 Å². The summed E-state index contributed by atoms with van der Waals surface area (Å²) in [5, 5.41) is 2.10. The van der Waals surface area contributed by atoms with Gasteiger partial charge in [-0.1, -0.05) is 0 Å². The van der Waals surface area contributed by atoms with E-state index >= 15 is 0 Å². The van der Waals surface area contributed by atoms with Crippen molar-refractivity contribution in [1.29, 1.82) is 0 Å². The fraction of sp³-hybridized carbons (Fsp3) is 0.833. The van der Waals surface area contributed by atoms with E-state index in [-0.39, 0.29) is 26.3 Å². The maximum absolute atomic E-state index is 11.6. The third-order valence-electron chi connectivity index (χ3n) is 2.02. The van der Waals surface area contributed by atoms with Crippen LogP contribution < -0.4 is 0 Å². The molecule has 0 heterocycles. The zero-order chi connectivity index (χ0) is 15.4. The van der Waals surface area contributed by atoms with Crippen molar-refractivity contribution in [2.24, 2.45) is 0 Å². The summed E-state index contributed by atoms with van der Waals surface area (Å²) in [6, 6.07) is 0. The van der Waals surface area contributed by atoms with Crippen LogP contribution in [-0.4, -0.2) is 61.8 Å². The van der Waals surface area contributed by atoms with Gasteiger partial charge in [0.2, 0.25) is 0 Å². The van der Waals surface area contributed by atoms with Crippen LogP contribution in [-0.2, 0) is 19.1 Å². The maximum atomic E-state index is 11.6. The second kappa shape index (κ2) is 11.3. The van der Waals surface area contributed by atoms with Gasteiger partial charge in [0.25, 0.3) is 0 Å². The van der Waals surface area contributed by atoms with E-state index in [0.29, 0.717) is 13.2 Å². The Kier molecular flexibility index (Phi) is 10.4. The van der Waals surface area contributed by atoms with Crippen LogP contribution >= 0.6 is 0 Å². The van der Waals surface area contributed by atoms with Gasteiger partial charge in [0.1, 0.15) is 0 Å². The highest BCUT2D eigenvalue weighted by atomic mass is 16.7. The number of hydrogen-bond donors (Lipinski definition) is 0. The zero-order valence-corrected chi connectivity index (χ0v) is 12.6. The first-order chi connectivity index (χ1) is 9.60. The van der Waals surface area contributed by atoms with Crippen LogP contribution in [0.2, 0.25) is 0 Å². The summed E-state index contributed by atoms with van der Waals surface area (Å²) in [5.74, 6) is 0. The van der Waals surface area contributed by atoms with Crippen molar-refractivity contribution in [3.63, 3.8) is 0 Å². The number of ether oxygens (including phenoxy) is 2. The Hall–Kier alpha value is -1.54. The normalized spacial score (nSPS) is 10.0. The minimum atomic E-state index is -0.602. The molecule has 0 aromatic carbocycles. The lowest BCUT2D eigenvalue weighted by Gasteiger charge is -2.24. The predicted molar refractivity (Wildman–Crippen MR) is 70.7 cm³/mol. The third kappa shape index (κ3) is 7.15. The van der Waals surface area contributed by atoms with E-state index in [1.165, 1.54) is 0 Å². The standard InChI is InChI=1S/C12H24N2O6/c1-5-17-11(15)13(19-7-3)9-10-14(20-8-4)12(16)18-6-2/h5-10H2,1-4H3. The molecular weight excluding hydrogens is 268 g/mol. The molecule has 0 fully saturated rings. The molecule has 0 N–H and O–H groups in total. The van der Waals surface area contributed by atoms with Crippen molar-refractivity contribution < 1.29 is 28.7 Å². The van der Waals surface area contributed by atoms with E-state index in [9.17, 15) is 9.59 Å². The van der Waals surface area contributed by atoms with Crippen molar-refractivity contribution in [3.8, 4) is 0 Å². The fourth-order valence-corrected chi connectivity index (χ4v) is 1.30. The van der Waals surface area contributed by atoms with Gasteiger partial charge in [-0.3, -0.25) is 9.68 Å². The smallest absolute Gasteiger partial charge is 0.433 e. The van der Waals surface area contributed by atoms with Crippen LogP contribution in [0.4, 0.5) is 9.59 Å². The largest absolute Gasteiger partial charge is 0.448 e. The molecule has 0 aromatic heterocycles. The van der Waals surface area contributed by atoms with Gasteiger partial charge in [0.15, 0.2) is 0 Å². The topological polar surface area (TPSA) is 77.5 Å². The van der Waals surface area contributed by atoms with Crippen molar-refractivity contribution in [1.82, 2.24) is 10.1 Å². The number of nitrogens with zero attached hydrogens (tertiary/aromatic N) is 2. The Morgan fingerprint density at radius 1 is 0.700 bits per heavy atom. The van der Waals surface area contributed by atoms with Gasteiger partial charge in [-0.25, -0.2) is 9.59 Å². The number of rotatable bonds is 9. The molecule has 0 aliphatic carbocycles. The summed E-state index contributed by atoms with van der Waals surface area (Å²) >= 11 is 0. The van der Waals surface area contributed by atoms with Gasteiger partial charge >= 0.3 is 12.2 Å². The molecule has 0 rings (SSSR count). The van der Waals surface area contributed by atoms with E-state index in [4.69, 9.17) is 19.1 Å². The molecule has 0 aliphatic rings. The Balaban J connectivity index is 4.45. The molecule has 118 valence electrons. The predicted octanol–water partition coefficient (Wildman–Crippen LogP) is 1.81. The van der Waals surface area contributed by atoms with Crippen LogP contribution in [0.25, 0.3) is 0 Å². The Labute approximate surface area is 119 Å². The molecule has 0 atom stereocenters. The molecule has 8 heteroatoms. The monoisotopic (exact) mass is 292 g/mol. The first-order valence-corrected chi connectivity index (χ1v) is 6.74. The SMILES string of the molecule is CCOC(=O)N(CCN(OCC)C(=O)OCC)OCC.